The summed E-state index contributed by atoms with van der Waals surface area (Å²) in [6.07, 6.45) is 9.69. The Morgan fingerprint density at radius 1 is 0.815 bits per heavy atom. The lowest BCUT2D eigenvalue weighted by atomic mass is 9.67. The van der Waals surface area contributed by atoms with Crippen LogP contribution in [0.5, 0.6) is 0 Å². The van der Waals surface area contributed by atoms with Crippen molar-refractivity contribution in [2.75, 3.05) is 31.5 Å². The van der Waals surface area contributed by atoms with Crippen molar-refractivity contribution >= 4 is 71.3 Å². The molecule has 8 amide bonds. The van der Waals surface area contributed by atoms with Crippen LogP contribution in [0.4, 0.5) is 10.5 Å². The van der Waals surface area contributed by atoms with Crippen molar-refractivity contribution in [1.29, 1.82) is 0 Å². The zero-order valence-electron chi connectivity index (χ0n) is 29.6. The highest BCUT2D eigenvalue weighted by molar-refractivity contribution is 6.12. The Bertz CT molecular complexity index is 1700. The van der Waals surface area contributed by atoms with Gasteiger partial charge in [0.15, 0.2) is 0 Å². The summed E-state index contributed by atoms with van der Waals surface area (Å²) < 4.78 is 0. The van der Waals surface area contributed by atoms with Crippen LogP contribution in [0.3, 0.4) is 0 Å². The van der Waals surface area contributed by atoms with Gasteiger partial charge in [0.2, 0.25) is 23.6 Å². The van der Waals surface area contributed by atoms with Gasteiger partial charge in [-0.3, -0.25) is 33.7 Å². The molecule has 0 bridgehead atoms. The number of benzene rings is 1. The van der Waals surface area contributed by atoms with Gasteiger partial charge >= 0.3 is 18.0 Å². The average molecular weight is 752 g/mol. The van der Waals surface area contributed by atoms with E-state index in [1.807, 2.05) is 0 Å². The molecule has 9 N–H and O–H groups in total. The van der Waals surface area contributed by atoms with Crippen molar-refractivity contribution in [1.82, 2.24) is 26.2 Å². The number of hydrogen-bond donors (Lipinski definition) is 8. The van der Waals surface area contributed by atoms with Gasteiger partial charge < -0.3 is 42.5 Å². The predicted molar refractivity (Wildman–Crippen MR) is 194 cm³/mol. The molecule has 1 saturated carbocycles. The van der Waals surface area contributed by atoms with Crippen molar-refractivity contribution in [3.63, 3.8) is 0 Å². The minimum absolute atomic E-state index is 0.0647. The second-order valence-electron chi connectivity index (χ2n) is 12.7. The number of imide groups is 1. The highest BCUT2D eigenvalue weighted by Crippen LogP contribution is 2.41. The molecular formula is C36H45N7O11. The summed E-state index contributed by atoms with van der Waals surface area (Å²) in [7, 11) is 0. The zero-order valence-corrected chi connectivity index (χ0v) is 29.6. The Hall–Kier alpha value is -6.33. The van der Waals surface area contributed by atoms with E-state index >= 15 is 0 Å². The van der Waals surface area contributed by atoms with Crippen LogP contribution in [-0.4, -0.2) is 101 Å². The van der Waals surface area contributed by atoms with E-state index in [4.69, 9.17) is 15.9 Å². The fraction of sp³-hybridized carbons (Fsp3) is 0.417. The van der Waals surface area contributed by atoms with E-state index in [1.54, 1.807) is 0 Å². The van der Waals surface area contributed by atoms with Crippen LogP contribution in [0.25, 0.3) is 12.2 Å². The maximum absolute atomic E-state index is 13.6. The van der Waals surface area contributed by atoms with Crippen molar-refractivity contribution in [3.8, 4) is 0 Å². The first kappa shape index (κ1) is 42.1. The molecule has 1 fully saturated rings. The molecule has 1 aromatic carbocycles. The summed E-state index contributed by atoms with van der Waals surface area (Å²) in [5.41, 5.74) is 4.68. The Morgan fingerprint density at radius 2 is 1.48 bits per heavy atom. The number of carbonyl (C=O) groups excluding carboxylic acids is 7. The lowest BCUT2D eigenvalue weighted by molar-refractivity contribution is -0.151. The second kappa shape index (κ2) is 20.6. The van der Waals surface area contributed by atoms with Crippen LogP contribution in [-0.2, 0) is 38.4 Å². The SMILES string of the molecule is NC(=O)NCCCC(NC(=O)C1(C(=O)NCCCCCN2C(=O)C=CC2=O)CCC1)C(=O)NCCC(=O)Nc1cc(C=CC(=O)O)ccc1C=CC(=O)O. The second-order valence-corrected chi connectivity index (χ2v) is 12.7. The van der Waals surface area contributed by atoms with Crippen molar-refractivity contribution in [3.05, 3.63) is 53.6 Å². The summed E-state index contributed by atoms with van der Waals surface area (Å²) in [5.74, 6) is -5.45. The van der Waals surface area contributed by atoms with Gasteiger partial charge in [-0.2, -0.15) is 0 Å². The molecule has 290 valence electrons. The minimum Gasteiger partial charge on any atom is -0.478 e. The zero-order chi connectivity index (χ0) is 39.7. The van der Waals surface area contributed by atoms with E-state index in [0.717, 1.165) is 17.1 Å². The van der Waals surface area contributed by atoms with E-state index in [0.29, 0.717) is 36.8 Å². The van der Waals surface area contributed by atoms with E-state index in [9.17, 15) is 43.2 Å². The number of carbonyl (C=O) groups is 9. The number of nitrogens with zero attached hydrogens (tertiary/aromatic N) is 1. The van der Waals surface area contributed by atoms with Gasteiger partial charge in [0.25, 0.3) is 11.8 Å². The maximum atomic E-state index is 13.6. The highest BCUT2D eigenvalue weighted by atomic mass is 16.4. The van der Waals surface area contributed by atoms with Crippen LogP contribution < -0.4 is 32.3 Å². The van der Waals surface area contributed by atoms with Crippen LogP contribution in [0, 0.1) is 5.41 Å². The van der Waals surface area contributed by atoms with Gasteiger partial charge in [-0.05, 0) is 74.3 Å². The minimum atomic E-state index is -1.38. The monoisotopic (exact) mass is 751 g/mol. The number of nitrogens with one attached hydrogen (secondary N) is 5. The van der Waals surface area contributed by atoms with E-state index in [-0.39, 0.29) is 75.8 Å². The number of urea groups is 1. The number of carboxylic acid groups (broad SMARTS) is 2. The Morgan fingerprint density at radius 3 is 2.11 bits per heavy atom. The Kier molecular flexibility index (Phi) is 16.1. The Labute approximate surface area is 310 Å². The summed E-state index contributed by atoms with van der Waals surface area (Å²) in [6.45, 7) is 0.471. The third kappa shape index (κ3) is 13.0. The van der Waals surface area contributed by atoms with Gasteiger partial charge in [-0.25, -0.2) is 14.4 Å². The van der Waals surface area contributed by atoms with Crippen LogP contribution in [0.15, 0.2) is 42.5 Å². The lowest BCUT2D eigenvalue weighted by Crippen LogP contribution is -2.59. The first-order valence-electron chi connectivity index (χ1n) is 17.4. The molecule has 1 aliphatic heterocycles. The van der Waals surface area contributed by atoms with Gasteiger partial charge in [0.1, 0.15) is 11.5 Å². The first-order chi connectivity index (χ1) is 25.7. The number of rotatable bonds is 22. The van der Waals surface area contributed by atoms with Crippen molar-refractivity contribution in [2.45, 2.75) is 63.8 Å². The number of primary amides is 1. The van der Waals surface area contributed by atoms with Crippen molar-refractivity contribution in [2.24, 2.45) is 11.1 Å². The molecule has 18 nitrogen and oxygen atoms in total. The fourth-order valence-electron chi connectivity index (χ4n) is 5.66. The van der Waals surface area contributed by atoms with E-state index in [2.05, 4.69) is 26.6 Å². The molecule has 3 rings (SSSR count). The van der Waals surface area contributed by atoms with E-state index < -0.39 is 53.1 Å². The summed E-state index contributed by atoms with van der Waals surface area (Å²) in [6, 6.07) is 2.59. The molecule has 1 unspecified atom stereocenters. The molecule has 54 heavy (non-hydrogen) atoms. The van der Waals surface area contributed by atoms with Gasteiger partial charge in [-0.1, -0.05) is 18.6 Å². The molecule has 1 aliphatic carbocycles. The van der Waals surface area contributed by atoms with Crippen LogP contribution in [0.2, 0.25) is 0 Å². The smallest absolute Gasteiger partial charge is 0.328 e. The van der Waals surface area contributed by atoms with Gasteiger partial charge in [0.05, 0.1) is 0 Å². The van der Waals surface area contributed by atoms with Gasteiger partial charge in [0, 0.05) is 62.6 Å². The van der Waals surface area contributed by atoms with Crippen LogP contribution >= 0.6 is 0 Å². The number of aliphatic carboxylic acids is 2. The molecule has 0 saturated heterocycles. The number of carboxylic acids is 2. The summed E-state index contributed by atoms with van der Waals surface area (Å²) in [4.78, 5) is 111. The number of amides is 8. The standard InChI is InChI=1S/C36H45N7O11/c37-35(54)40-19-4-6-25(42-34(53)36(16-5-17-36)33(52)39-18-2-1-3-21-43-28(45)11-12-29(43)46)32(51)38-20-15-27(44)41-26-22-23(8-13-30(47)48)7-9-24(26)10-14-31(49)50/h7-14,22,25H,1-6,15-21H2,(H,38,51)(H,39,52)(H,41,44)(H,42,53)(H,47,48)(H,49,50)(H3,37,40,54). The largest absolute Gasteiger partial charge is 0.478 e. The Balaban J connectivity index is 1.57. The fourth-order valence-corrected chi connectivity index (χ4v) is 5.66. The van der Waals surface area contributed by atoms with Crippen molar-refractivity contribution < 1.29 is 53.4 Å². The summed E-state index contributed by atoms with van der Waals surface area (Å²) in [5, 5.41) is 31.1. The molecule has 1 heterocycles. The molecule has 0 aromatic heterocycles. The molecule has 0 spiro atoms. The third-order valence-corrected chi connectivity index (χ3v) is 8.74. The molecular weight excluding hydrogens is 706 g/mol. The number of hydrogen-bond acceptors (Lipinski definition) is 9. The maximum Gasteiger partial charge on any atom is 0.328 e. The quantitative estimate of drug-likeness (QED) is 0.0352. The molecule has 1 aromatic rings. The van der Waals surface area contributed by atoms with Crippen LogP contribution in [0.1, 0.15) is 68.9 Å². The topological polar surface area (TPSA) is 284 Å². The third-order valence-electron chi connectivity index (χ3n) is 8.74. The average Bonchev–Trinajstić information content (AvgIpc) is 3.41. The number of nitrogens with two attached hydrogens (primary N) is 1. The summed E-state index contributed by atoms with van der Waals surface area (Å²) >= 11 is 0. The first-order valence-corrected chi connectivity index (χ1v) is 17.4. The highest BCUT2D eigenvalue weighted by Gasteiger charge is 2.51. The molecule has 18 heteroatoms. The number of unbranched alkanes of at least 4 members (excludes halogenated alkanes) is 2. The number of anilines is 1. The normalized spacial score (nSPS) is 15.1. The molecule has 2 aliphatic rings. The predicted octanol–water partition coefficient (Wildman–Crippen LogP) is 0.642. The lowest BCUT2D eigenvalue weighted by Gasteiger charge is -2.39. The van der Waals surface area contributed by atoms with Gasteiger partial charge in [-0.15, -0.1) is 0 Å². The molecule has 1 atom stereocenters. The molecule has 0 radical (unpaired) electrons. The van der Waals surface area contributed by atoms with E-state index in [1.165, 1.54) is 42.5 Å².